The van der Waals surface area contributed by atoms with Crippen LogP contribution >= 0.6 is 0 Å². The van der Waals surface area contributed by atoms with Gasteiger partial charge in [-0.25, -0.2) is 14.6 Å². The molecule has 0 N–H and O–H groups in total. The maximum atomic E-state index is 12.5. The van der Waals surface area contributed by atoms with Gasteiger partial charge in [0.25, 0.3) is 5.56 Å². The molecule has 0 radical (unpaired) electrons. The molecule has 0 aliphatic carbocycles. The van der Waals surface area contributed by atoms with Crippen LogP contribution in [0.5, 0.6) is 0 Å². The Kier molecular flexibility index (Phi) is 6.93. The molecule has 0 saturated carbocycles. The number of morpholine rings is 1. The molecule has 0 spiro atoms. The minimum absolute atomic E-state index is 0.162. The molecule has 0 bridgehead atoms. The van der Waals surface area contributed by atoms with Crippen molar-refractivity contribution in [2.24, 2.45) is 0 Å². The third-order valence-corrected chi connectivity index (χ3v) is 7.28. The molecular weight excluding hydrogens is 482 g/mol. The number of anilines is 1. The zero-order valence-corrected chi connectivity index (χ0v) is 21.4. The van der Waals surface area contributed by atoms with Crippen LogP contribution in [0.15, 0.2) is 66.2 Å². The maximum absolute atomic E-state index is 12.5. The standard InChI is InChI=1S/C27H31N9O2/c1-33-10-6-23(7-11-33)35-17-22(16-31-35)21-14-29-27(30-15-21)34-12-13-38-24(18-34)19-36-26(37)3-2-25(32-36)20-4-8-28-9-5-20/h2-5,8-9,14-17,23-24H,6-7,10-13,18-19H2,1H3/t24-/m0/s1. The second-order valence-electron chi connectivity index (χ2n) is 9.93. The first kappa shape index (κ1) is 24.4. The molecule has 11 heteroatoms. The van der Waals surface area contributed by atoms with E-state index >= 15 is 0 Å². The Balaban J connectivity index is 1.11. The summed E-state index contributed by atoms with van der Waals surface area (Å²) in [6.45, 7) is 4.32. The lowest BCUT2D eigenvalue weighted by atomic mass is 10.1. The minimum atomic E-state index is -0.210. The molecular formula is C27H31N9O2. The first-order valence-electron chi connectivity index (χ1n) is 13.0. The summed E-state index contributed by atoms with van der Waals surface area (Å²) in [5, 5.41) is 9.17. The van der Waals surface area contributed by atoms with Gasteiger partial charge in [-0.15, -0.1) is 0 Å². The van der Waals surface area contributed by atoms with Crippen molar-refractivity contribution in [3.8, 4) is 22.4 Å². The summed E-state index contributed by atoms with van der Waals surface area (Å²) in [5.74, 6) is 0.649. The SMILES string of the molecule is CN1CCC(n2cc(-c3cnc(N4CCO[C@H](Cn5nc(-c6ccncc6)ccc5=O)C4)nc3)cn2)CC1. The summed E-state index contributed by atoms with van der Waals surface area (Å²) in [6, 6.07) is 7.46. The van der Waals surface area contributed by atoms with Gasteiger partial charge < -0.3 is 14.5 Å². The van der Waals surface area contributed by atoms with Gasteiger partial charge in [0.2, 0.25) is 5.95 Å². The highest BCUT2D eigenvalue weighted by Crippen LogP contribution is 2.25. The number of hydrogen-bond acceptors (Lipinski definition) is 9. The predicted octanol–water partition coefficient (Wildman–Crippen LogP) is 2.13. The fourth-order valence-electron chi connectivity index (χ4n) is 5.04. The second-order valence-corrected chi connectivity index (χ2v) is 9.93. The van der Waals surface area contributed by atoms with Crippen molar-refractivity contribution in [1.29, 1.82) is 0 Å². The average Bonchev–Trinajstić information content (AvgIpc) is 3.46. The number of rotatable bonds is 6. The van der Waals surface area contributed by atoms with Crippen LogP contribution in [0.2, 0.25) is 0 Å². The van der Waals surface area contributed by atoms with Crippen LogP contribution < -0.4 is 10.5 Å². The zero-order chi connectivity index (χ0) is 25.9. The Hall–Kier alpha value is -3.96. The van der Waals surface area contributed by atoms with Gasteiger partial charge in [-0.05, 0) is 51.2 Å². The number of nitrogens with zero attached hydrogens (tertiary/aromatic N) is 9. The van der Waals surface area contributed by atoms with Gasteiger partial charge in [-0.3, -0.25) is 14.5 Å². The Morgan fingerprint density at radius 3 is 2.53 bits per heavy atom. The van der Waals surface area contributed by atoms with Crippen LogP contribution in [-0.4, -0.2) is 85.4 Å². The summed E-state index contributed by atoms with van der Waals surface area (Å²) in [7, 11) is 2.17. The van der Waals surface area contributed by atoms with E-state index < -0.39 is 0 Å². The molecule has 6 heterocycles. The second kappa shape index (κ2) is 10.8. The largest absolute Gasteiger partial charge is 0.373 e. The summed E-state index contributed by atoms with van der Waals surface area (Å²) in [5.41, 5.74) is 3.43. The van der Waals surface area contributed by atoms with Crippen LogP contribution in [-0.2, 0) is 11.3 Å². The van der Waals surface area contributed by atoms with E-state index in [-0.39, 0.29) is 11.7 Å². The van der Waals surface area contributed by atoms with Crippen molar-refractivity contribution in [1.82, 2.24) is 39.4 Å². The minimum Gasteiger partial charge on any atom is -0.373 e. The van der Waals surface area contributed by atoms with E-state index in [1.165, 1.54) is 4.68 Å². The van der Waals surface area contributed by atoms with Gasteiger partial charge in [0.05, 0.1) is 37.2 Å². The van der Waals surface area contributed by atoms with E-state index in [0.29, 0.717) is 38.2 Å². The van der Waals surface area contributed by atoms with E-state index in [2.05, 4.69) is 52.9 Å². The molecule has 38 heavy (non-hydrogen) atoms. The Labute approximate surface area is 220 Å². The van der Waals surface area contributed by atoms with Crippen molar-refractivity contribution in [3.05, 3.63) is 71.8 Å². The summed E-state index contributed by atoms with van der Waals surface area (Å²) >= 11 is 0. The third-order valence-electron chi connectivity index (χ3n) is 7.28. The van der Waals surface area contributed by atoms with Crippen LogP contribution in [0.25, 0.3) is 22.4 Å². The number of hydrogen-bond donors (Lipinski definition) is 0. The molecule has 0 unspecified atom stereocenters. The van der Waals surface area contributed by atoms with Crippen LogP contribution in [0.4, 0.5) is 5.95 Å². The first-order chi connectivity index (χ1) is 18.6. The highest BCUT2D eigenvalue weighted by molar-refractivity contribution is 5.60. The Bertz CT molecular complexity index is 1410. The van der Waals surface area contributed by atoms with Gasteiger partial charge in [0, 0.05) is 66.8 Å². The van der Waals surface area contributed by atoms with Gasteiger partial charge in [-0.1, -0.05) is 0 Å². The molecule has 6 rings (SSSR count). The molecule has 4 aromatic rings. The highest BCUT2D eigenvalue weighted by Gasteiger charge is 2.24. The Morgan fingerprint density at radius 2 is 1.74 bits per heavy atom. The molecule has 2 saturated heterocycles. The lowest BCUT2D eigenvalue weighted by molar-refractivity contribution is 0.0260. The average molecular weight is 514 g/mol. The molecule has 1 atom stereocenters. The van der Waals surface area contributed by atoms with Gasteiger partial charge in [0.15, 0.2) is 0 Å². The molecule has 0 aromatic carbocycles. The van der Waals surface area contributed by atoms with Gasteiger partial charge in [0.1, 0.15) is 0 Å². The molecule has 2 fully saturated rings. The van der Waals surface area contributed by atoms with Crippen LogP contribution in [0.1, 0.15) is 18.9 Å². The molecule has 11 nitrogen and oxygen atoms in total. The molecule has 2 aliphatic heterocycles. The molecule has 0 amide bonds. The quantitative estimate of drug-likeness (QED) is 0.383. The van der Waals surface area contributed by atoms with Crippen molar-refractivity contribution < 1.29 is 4.74 Å². The number of aromatic nitrogens is 7. The van der Waals surface area contributed by atoms with Crippen molar-refractivity contribution in [2.75, 3.05) is 44.7 Å². The van der Waals surface area contributed by atoms with Crippen LogP contribution in [0.3, 0.4) is 0 Å². The van der Waals surface area contributed by atoms with E-state index in [4.69, 9.17) is 4.74 Å². The number of ether oxygens (including phenoxy) is 1. The monoisotopic (exact) mass is 513 g/mol. The zero-order valence-electron chi connectivity index (χ0n) is 21.4. The molecule has 196 valence electrons. The number of likely N-dealkylation sites (tertiary alicyclic amines) is 1. The number of pyridine rings is 1. The van der Waals surface area contributed by atoms with Gasteiger partial charge >= 0.3 is 0 Å². The van der Waals surface area contributed by atoms with Gasteiger partial charge in [-0.2, -0.15) is 10.2 Å². The van der Waals surface area contributed by atoms with Crippen molar-refractivity contribution in [3.63, 3.8) is 0 Å². The summed E-state index contributed by atoms with van der Waals surface area (Å²) < 4.78 is 9.53. The van der Waals surface area contributed by atoms with E-state index in [1.807, 2.05) is 30.7 Å². The summed E-state index contributed by atoms with van der Waals surface area (Å²) in [4.78, 5) is 30.3. The van der Waals surface area contributed by atoms with Crippen molar-refractivity contribution in [2.45, 2.75) is 31.5 Å². The maximum Gasteiger partial charge on any atom is 0.266 e. The van der Waals surface area contributed by atoms with Crippen LogP contribution in [0, 0.1) is 0 Å². The fourth-order valence-corrected chi connectivity index (χ4v) is 5.04. The topological polar surface area (TPSA) is 107 Å². The first-order valence-corrected chi connectivity index (χ1v) is 13.0. The lowest BCUT2D eigenvalue weighted by Crippen LogP contribution is -2.46. The third kappa shape index (κ3) is 5.34. The molecule has 2 aliphatic rings. The van der Waals surface area contributed by atoms with E-state index in [0.717, 1.165) is 48.3 Å². The highest BCUT2D eigenvalue weighted by atomic mass is 16.5. The Morgan fingerprint density at radius 1 is 0.947 bits per heavy atom. The smallest absolute Gasteiger partial charge is 0.266 e. The normalized spacial score (nSPS) is 19.1. The number of piperidine rings is 1. The lowest BCUT2D eigenvalue weighted by Gasteiger charge is -2.33. The van der Waals surface area contributed by atoms with E-state index in [9.17, 15) is 4.79 Å². The van der Waals surface area contributed by atoms with E-state index in [1.54, 1.807) is 24.5 Å². The summed E-state index contributed by atoms with van der Waals surface area (Å²) in [6.07, 6.45) is 13.1. The molecule has 4 aromatic heterocycles. The fraction of sp³-hybridized carbons (Fsp3) is 0.407. The predicted molar refractivity (Wildman–Crippen MR) is 143 cm³/mol. The van der Waals surface area contributed by atoms with Crippen molar-refractivity contribution >= 4 is 5.95 Å².